The third-order valence-corrected chi connectivity index (χ3v) is 3.39. The number of amides is 1. The summed E-state index contributed by atoms with van der Waals surface area (Å²) in [5.41, 5.74) is 0. The number of rotatable bonds is 6. The van der Waals surface area contributed by atoms with Gasteiger partial charge >= 0.3 is 0 Å². The lowest BCUT2D eigenvalue weighted by Gasteiger charge is -2.27. The van der Waals surface area contributed by atoms with E-state index in [1.165, 1.54) is 25.7 Å². The lowest BCUT2D eigenvalue weighted by molar-refractivity contribution is -0.121. The third kappa shape index (κ3) is 6.03. The van der Waals surface area contributed by atoms with Crippen LogP contribution >= 0.6 is 0 Å². The Morgan fingerprint density at radius 2 is 2.00 bits per heavy atom. The van der Waals surface area contributed by atoms with Crippen LogP contribution in [0, 0.1) is 5.92 Å². The Labute approximate surface area is 104 Å². The molecule has 0 aromatic heterocycles. The minimum Gasteiger partial charge on any atom is -0.383 e. The van der Waals surface area contributed by atoms with Crippen LogP contribution in [0.25, 0.3) is 0 Å². The number of carbonyl (C=O) groups excluding carboxylic acids is 1. The van der Waals surface area contributed by atoms with Crippen LogP contribution in [0.15, 0.2) is 0 Å². The molecule has 0 saturated heterocycles. The average molecular weight is 242 g/mol. The summed E-state index contributed by atoms with van der Waals surface area (Å²) in [4.78, 5) is 11.6. The van der Waals surface area contributed by atoms with Gasteiger partial charge in [-0.25, -0.2) is 0 Å². The molecule has 100 valence electrons. The van der Waals surface area contributed by atoms with E-state index in [9.17, 15) is 4.79 Å². The van der Waals surface area contributed by atoms with Gasteiger partial charge in [-0.05, 0) is 38.5 Å². The molecule has 0 aromatic carbocycles. The molecule has 1 fully saturated rings. The fourth-order valence-corrected chi connectivity index (χ4v) is 2.32. The van der Waals surface area contributed by atoms with Gasteiger partial charge in [0.1, 0.15) is 0 Å². The van der Waals surface area contributed by atoms with Gasteiger partial charge in [0, 0.05) is 19.2 Å². The summed E-state index contributed by atoms with van der Waals surface area (Å²) in [6, 6.07) is 0.607. The molecule has 0 heterocycles. The first-order valence-electron chi connectivity index (χ1n) is 6.63. The zero-order valence-electron chi connectivity index (χ0n) is 11.3. The van der Waals surface area contributed by atoms with Crippen LogP contribution in [0.4, 0.5) is 0 Å². The van der Waals surface area contributed by atoms with Crippen LogP contribution in [-0.2, 0) is 9.53 Å². The van der Waals surface area contributed by atoms with Crippen molar-refractivity contribution in [1.29, 1.82) is 0 Å². The summed E-state index contributed by atoms with van der Waals surface area (Å²) in [6.07, 6.45) is 4.95. The molecular formula is C13H26N2O2. The lowest BCUT2D eigenvalue weighted by atomic mass is 9.87. The molecule has 1 saturated carbocycles. The van der Waals surface area contributed by atoms with Crippen LogP contribution < -0.4 is 10.6 Å². The molecule has 1 aliphatic rings. The smallest absolute Gasteiger partial charge is 0.234 e. The van der Waals surface area contributed by atoms with Gasteiger partial charge < -0.3 is 15.4 Å². The van der Waals surface area contributed by atoms with Gasteiger partial charge in [0.05, 0.1) is 13.2 Å². The van der Waals surface area contributed by atoms with Gasteiger partial charge in [-0.3, -0.25) is 4.79 Å². The van der Waals surface area contributed by atoms with E-state index in [1.807, 2.05) is 6.92 Å². The van der Waals surface area contributed by atoms with Gasteiger partial charge in [0.2, 0.25) is 5.91 Å². The molecule has 0 bridgehead atoms. The molecular weight excluding hydrogens is 216 g/mol. The van der Waals surface area contributed by atoms with Gasteiger partial charge in [-0.15, -0.1) is 0 Å². The van der Waals surface area contributed by atoms with E-state index in [0.717, 1.165) is 5.92 Å². The highest BCUT2D eigenvalue weighted by molar-refractivity contribution is 5.78. The Morgan fingerprint density at radius 3 is 2.59 bits per heavy atom. The number of hydrogen-bond donors (Lipinski definition) is 2. The van der Waals surface area contributed by atoms with E-state index in [1.54, 1.807) is 7.11 Å². The fraction of sp³-hybridized carbons (Fsp3) is 0.923. The van der Waals surface area contributed by atoms with Gasteiger partial charge in [0.15, 0.2) is 0 Å². The summed E-state index contributed by atoms with van der Waals surface area (Å²) in [6.45, 7) is 5.23. The number of hydrogen-bond acceptors (Lipinski definition) is 3. The molecule has 1 unspecified atom stereocenters. The maximum atomic E-state index is 11.6. The van der Waals surface area contributed by atoms with E-state index in [4.69, 9.17) is 4.74 Å². The zero-order chi connectivity index (χ0) is 12.7. The second kappa shape index (κ2) is 7.67. The van der Waals surface area contributed by atoms with Gasteiger partial charge in [-0.2, -0.15) is 0 Å². The highest BCUT2D eigenvalue weighted by Crippen LogP contribution is 2.23. The van der Waals surface area contributed by atoms with E-state index < -0.39 is 0 Å². The maximum Gasteiger partial charge on any atom is 0.234 e. The van der Waals surface area contributed by atoms with Crippen LogP contribution in [0.3, 0.4) is 0 Å². The van der Waals surface area contributed by atoms with Crippen LogP contribution in [0.2, 0.25) is 0 Å². The number of ether oxygens (including phenoxy) is 1. The van der Waals surface area contributed by atoms with Gasteiger partial charge in [-0.1, -0.05) is 6.92 Å². The number of carbonyl (C=O) groups is 1. The molecule has 0 spiro atoms. The summed E-state index contributed by atoms with van der Waals surface area (Å²) in [7, 11) is 1.64. The predicted octanol–water partition coefficient (Wildman–Crippen LogP) is 1.31. The van der Waals surface area contributed by atoms with Gasteiger partial charge in [0.25, 0.3) is 0 Å². The standard InChI is InChI=1S/C13H26N2O2/c1-10-4-6-12(7-5-10)14-8-13(16)15-11(2)9-17-3/h10-12,14H,4-9H2,1-3H3,(H,15,16). The van der Waals surface area contributed by atoms with Crippen LogP contribution in [0.5, 0.6) is 0 Å². The summed E-state index contributed by atoms with van der Waals surface area (Å²) in [5, 5.41) is 6.24. The molecule has 1 aliphatic carbocycles. The normalized spacial score (nSPS) is 26.5. The molecule has 0 radical (unpaired) electrons. The molecule has 4 heteroatoms. The van der Waals surface area contributed by atoms with E-state index in [0.29, 0.717) is 19.2 Å². The molecule has 4 nitrogen and oxygen atoms in total. The summed E-state index contributed by atoms with van der Waals surface area (Å²) < 4.78 is 4.98. The predicted molar refractivity (Wildman–Crippen MR) is 68.9 cm³/mol. The lowest BCUT2D eigenvalue weighted by Crippen LogP contribution is -2.44. The van der Waals surface area contributed by atoms with Crippen molar-refractivity contribution in [3.8, 4) is 0 Å². The van der Waals surface area contributed by atoms with Crippen molar-refractivity contribution in [3.05, 3.63) is 0 Å². The highest BCUT2D eigenvalue weighted by atomic mass is 16.5. The molecule has 0 aromatic rings. The van der Waals surface area contributed by atoms with Crippen molar-refractivity contribution < 1.29 is 9.53 Å². The Bertz CT molecular complexity index is 225. The summed E-state index contributed by atoms with van der Waals surface area (Å²) in [5.74, 6) is 0.914. The first-order chi connectivity index (χ1) is 8.11. The topological polar surface area (TPSA) is 50.4 Å². The minimum absolute atomic E-state index is 0.0631. The molecule has 0 aliphatic heterocycles. The SMILES string of the molecule is COCC(C)NC(=O)CNC1CCC(C)CC1. The maximum absolute atomic E-state index is 11.6. The van der Waals surface area contributed by atoms with E-state index >= 15 is 0 Å². The summed E-state index contributed by atoms with van der Waals surface area (Å²) >= 11 is 0. The zero-order valence-corrected chi connectivity index (χ0v) is 11.3. The molecule has 1 atom stereocenters. The third-order valence-electron chi connectivity index (χ3n) is 3.39. The Morgan fingerprint density at radius 1 is 1.35 bits per heavy atom. The first kappa shape index (κ1) is 14.5. The van der Waals surface area contributed by atoms with Crippen molar-refractivity contribution in [3.63, 3.8) is 0 Å². The molecule has 2 N–H and O–H groups in total. The number of methoxy groups -OCH3 is 1. The monoisotopic (exact) mass is 242 g/mol. The van der Waals surface area contributed by atoms with Crippen molar-refractivity contribution in [2.45, 2.75) is 51.6 Å². The van der Waals surface area contributed by atoms with Crippen molar-refractivity contribution in [2.24, 2.45) is 5.92 Å². The Hall–Kier alpha value is -0.610. The molecule has 1 amide bonds. The van der Waals surface area contributed by atoms with Crippen molar-refractivity contribution >= 4 is 5.91 Å². The quantitative estimate of drug-likeness (QED) is 0.738. The highest BCUT2D eigenvalue weighted by Gasteiger charge is 2.18. The van der Waals surface area contributed by atoms with E-state index in [-0.39, 0.29) is 11.9 Å². The second-order valence-electron chi connectivity index (χ2n) is 5.26. The largest absolute Gasteiger partial charge is 0.383 e. The fourth-order valence-electron chi connectivity index (χ4n) is 2.32. The van der Waals surface area contributed by atoms with Crippen LogP contribution in [0.1, 0.15) is 39.5 Å². The molecule has 1 rings (SSSR count). The Kier molecular flexibility index (Phi) is 6.52. The number of nitrogens with one attached hydrogen (secondary N) is 2. The first-order valence-corrected chi connectivity index (χ1v) is 6.63. The second-order valence-corrected chi connectivity index (χ2v) is 5.26. The Balaban J connectivity index is 2.11. The van der Waals surface area contributed by atoms with Crippen molar-refractivity contribution in [1.82, 2.24) is 10.6 Å². The molecule has 17 heavy (non-hydrogen) atoms. The average Bonchev–Trinajstić information content (AvgIpc) is 2.28. The van der Waals surface area contributed by atoms with Crippen molar-refractivity contribution in [2.75, 3.05) is 20.3 Å². The van der Waals surface area contributed by atoms with E-state index in [2.05, 4.69) is 17.6 Å². The van der Waals surface area contributed by atoms with Crippen LogP contribution in [-0.4, -0.2) is 38.3 Å². The minimum atomic E-state index is 0.0631.